The van der Waals surface area contributed by atoms with Gasteiger partial charge in [0, 0.05) is 41.9 Å². The van der Waals surface area contributed by atoms with Gasteiger partial charge in [-0.2, -0.15) is 9.97 Å². The zero-order valence-electron chi connectivity index (χ0n) is 25.0. The van der Waals surface area contributed by atoms with Gasteiger partial charge in [0.25, 0.3) is 0 Å². The molecule has 3 fully saturated rings. The molecule has 1 N–H and O–H groups in total. The number of aromatic hydroxyl groups is 1. The van der Waals surface area contributed by atoms with Crippen LogP contribution < -0.4 is 14.4 Å². The minimum absolute atomic E-state index is 0.0493. The van der Waals surface area contributed by atoms with Crippen molar-refractivity contribution < 1.29 is 32.1 Å². The van der Waals surface area contributed by atoms with Gasteiger partial charge in [0.05, 0.1) is 17.1 Å². The van der Waals surface area contributed by atoms with Gasteiger partial charge in [-0.1, -0.05) is 18.8 Å². The number of terminal acetylenes is 1. The van der Waals surface area contributed by atoms with Crippen molar-refractivity contribution >= 4 is 27.5 Å². The van der Waals surface area contributed by atoms with E-state index in [1.54, 1.807) is 0 Å². The number of anilines is 1. The van der Waals surface area contributed by atoms with E-state index in [-0.39, 0.29) is 69.6 Å². The number of benzene rings is 2. The number of rotatable bonds is 4. The van der Waals surface area contributed by atoms with Crippen LogP contribution in [0, 0.1) is 29.8 Å². The van der Waals surface area contributed by atoms with Crippen molar-refractivity contribution in [1.29, 1.82) is 0 Å². The van der Waals surface area contributed by atoms with Gasteiger partial charge in [0.2, 0.25) is 5.88 Å². The summed E-state index contributed by atoms with van der Waals surface area (Å²) in [6.07, 6.45) is 10.5. The van der Waals surface area contributed by atoms with Gasteiger partial charge >= 0.3 is 6.01 Å². The number of phenols is 1. The average Bonchev–Trinajstić information content (AvgIpc) is 3.38. The Morgan fingerprint density at radius 3 is 2.76 bits per heavy atom. The van der Waals surface area contributed by atoms with E-state index in [0.29, 0.717) is 31.4 Å². The predicted octanol–water partition coefficient (Wildman–Crippen LogP) is 6.05. The summed E-state index contributed by atoms with van der Waals surface area (Å²) < 4.78 is 73.8. The van der Waals surface area contributed by atoms with Crippen LogP contribution in [0.2, 0.25) is 0 Å². The van der Waals surface area contributed by atoms with Crippen LogP contribution in [-0.2, 0) is 0 Å². The molecule has 2 aromatic carbocycles. The Morgan fingerprint density at radius 1 is 1.04 bits per heavy atom. The van der Waals surface area contributed by atoms with Crippen molar-refractivity contribution in [3.05, 3.63) is 41.2 Å². The van der Waals surface area contributed by atoms with E-state index < -0.39 is 34.9 Å². The summed E-state index contributed by atoms with van der Waals surface area (Å²) in [5, 5.41) is 10.5. The van der Waals surface area contributed by atoms with Crippen molar-refractivity contribution in [2.75, 3.05) is 37.7 Å². The first kappa shape index (κ1) is 29.1. The largest absolute Gasteiger partial charge is 0.508 e. The summed E-state index contributed by atoms with van der Waals surface area (Å²) in [6, 6.07) is 2.75. The molecule has 0 saturated carbocycles. The highest BCUT2D eigenvalue weighted by atomic mass is 19.1. The highest BCUT2D eigenvalue weighted by molar-refractivity contribution is 6.04. The zero-order chi connectivity index (χ0) is 31.7. The summed E-state index contributed by atoms with van der Waals surface area (Å²) in [6.45, 7) is 2.18. The van der Waals surface area contributed by atoms with Gasteiger partial charge in [-0.15, -0.1) is 6.42 Å². The fourth-order valence-electron chi connectivity index (χ4n) is 7.90. The Balaban J connectivity index is 1.34. The molecule has 1 unspecified atom stereocenters. The van der Waals surface area contributed by atoms with E-state index >= 15 is 8.78 Å². The Hall–Kier alpha value is -4.37. The first-order valence-corrected chi connectivity index (χ1v) is 15.7. The number of fused-ring (bicyclic) bond motifs is 4. The Labute approximate surface area is 262 Å². The van der Waals surface area contributed by atoms with Crippen LogP contribution in [0.1, 0.15) is 50.5 Å². The SMILES string of the molecule is C#Cc1c(F)cc(F)c2cc(O)cc(-c3nc4c5c(nc(OCC67CCCN6C[C@H](F)C7)nc5c3F)N3CCCCC[C@H]3CO4)c12. The van der Waals surface area contributed by atoms with E-state index in [4.69, 9.17) is 20.9 Å². The lowest BCUT2D eigenvalue weighted by atomic mass is 9.95. The zero-order valence-corrected chi connectivity index (χ0v) is 25.0. The molecule has 3 saturated heterocycles. The number of halogens is 4. The Bertz CT molecular complexity index is 1950. The molecule has 0 bridgehead atoms. The molecule has 2 aromatic heterocycles. The van der Waals surface area contributed by atoms with Gasteiger partial charge in [0.1, 0.15) is 59.2 Å². The predicted molar refractivity (Wildman–Crippen MR) is 163 cm³/mol. The van der Waals surface area contributed by atoms with Crippen LogP contribution in [0.3, 0.4) is 0 Å². The number of alkyl halides is 1. The standard InChI is InChI=1S/C34H31F4N5O3/c1-2-21-24(36)13-25(37)22-11-20(44)12-23(26(21)22)29-28(38)30-27-31(43-10-5-3-4-7-19(43)16-45-32(27)39-29)41-33(40-30)46-17-34-8-6-9-42(34)15-18(35)14-34/h1,11-13,18-19,44H,3-10,14-17H2/t18-,19+,34?/m1/s1. The smallest absolute Gasteiger partial charge is 0.319 e. The van der Waals surface area contributed by atoms with Crippen LogP contribution in [0.4, 0.5) is 23.4 Å². The summed E-state index contributed by atoms with van der Waals surface area (Å²) in [7, 11) is 0. The van der Waals surface area contributed by atoms with E-state index in [1.807, 2.05) is 0 Å². The fourth-order valence-corrected chi connectivity index (χ4v) is 7.90. The molecule has 4 aliphatic heterocycles. The molecule has 0 aliphatic carbocycles. The molecule has 4 aromatic rings. The molecular weight excluding hydrogens is 602 g/mol. The summed E-state index contributed by atoms with van der Waals surface area (Å²) in [4.78, 5) is 18.1. The molecule has 12 heteroatoms. The molecular formula is C34H31F4N5O3. The molecule has 0 amide bonds. The normalized spacial score (nSPS) is 24.3. The molecule has 6 heterocycles. The van der Waals surface area contributed by atoms with Gasteiger partial charge < -0.3 is 19.5 Å². The van der Waals surface area contributed by atoms with Crippen LogP contribution in [0.5, 0.6) is 17.6 Å². The van der Waals surface area contributed by atoms with E-state index in [0.717, 1.165) is 57.2 Å². The highest BCUT2D eigenvalue weighted by Gasteiger charge is 2.49. The maximum Gasteiger partial charge on any atom is 0.319 e. The van der Waals surface area contributed by atoms with Gasteiger partial charge in [-0.05, 0) is 44.4 Å². The van der Waals surface area contributed by atoms with Crippen molar-refractivity contribution in [2.24, 2.45) is 0 Å². The molecule has 8 rings (SSSR count). The average molecular weight is 634 g/mol. The second-order valence-electron chi connectivity index (χ2n) is 12.8. The number of pyridine rings is 1. The first-order chi connectivity index (χ1) is 22.3. The third kappa shape index (κ3) is 4.50. The summed E-state index contributed by atoms with van der Waals surface area (Å²) >= 11 is 0. The Morgan fingerprint density at radius 2 is 1.91 bits per heavy atom. The van der Waals surface area contributed by atoms with Gasteiger partial charge in [-0.3, -0.25) is 4.90 Å². The highest BCUT2D eigenvalue weighted by Crippen LogP contribution is 2.45. The van der Waals surface area contributed by atoms with Crippen molar-refractivity contribution in [2.45, 2.75) is 62.7 Å². The van der Waals surface area contributed by atoms with Crippen molar-refractivity contribution in [3.8, 4) is 41.2 Å². The molecule has 0 radical (unpaired) electrons. The van der Waals surface area contributed by atoms with Gasteiger partial charge in [0.15, 0.2) is 5.82 Å². The maximum atomic E-state index is 16.9. The molecule has 0 spiro atoms. The fraction of sp³-hybridized carbons (Fsp3) is 0.441. The van der Waals surface area contributed by atoms with Crippen LogP contribution >= 0.6 is 0 Å². The van der Waals surface area contributed by atoms with Crippen molar-refractivity contribution in [3.63, 3.8) is 0 Å². The minimum atomic E-state index is -1.01. The number of hydrogen-bond acceptors (Lipinski definition) is 8. The molecule has 46 heavy (non-hydrogen) atoms. The molecule has 4 aliphatic rings. The second kappa shape index (κ2) is 10.9. The lowest BCUT2D eigenvalue weighted by molar-refractivity contribution is 0.107. The van der Waals surface area contributed by atoms with Crippen LogP contribution in [0.15, 0.2) is 18.2 Å². The number of aromatic nitrogens is 3. The molecule has 3 atom stereocenters. The van der Waals surface area contributed by atoms with Crippen LogP contribution in [-0.4, -0.2) is 75.6 Å². The number of nitrogens with zero attached hydrogens (tertiary/aromatic N) is 5. The topological polar surface area (TPSA) is 83.8 Å². The van der Waals surface area contributed by atoms with Crippen LogP contribution in [0.25, 0.3) is 32.9 Å². The summed E-state index contributed by atoms with van der Waals surface area (Å²) in [5.41, 5.74) is -1.41. The minimum Gasteiger partial charge on any atom is -0.508 e. The lowest BCUT2D eigenvalue weighted by Gasteiger charge is -2.31. The van der Waals surface area contributed by atoms with Crippen molar-refractivity contribution in [1.82, 2.24) is 19.9 Å². The van der Waals surface area contributed by atoms with E-state index in [9.17, 15) is 13.9 Å². The molecule has 8 nitrogen and oxygen atoms in total. The number of ether oxygens (including phenoxy) is 2. The second-order valence-corrected chi connectivity index (χ2v) is 12.8. The van der Waals surface area contributed by atoms with E-state index in [2.05, 4.69) is 25.7 Å². The number of phenolic OH excluding ortho intramolecular Hbond substituents is 1. The first-order valence-electron chi connectivity index (χ1n) is 15.7. The van der Waals surface area contributed by atoms with Gasteiger partial charge in [-0.25, -0.2) is 22.5 Å². The number of hydrogen-bond donors (Lipinski definition) is 1. The molecule has 238 valence electrons. The Kier molecular flexibility index (Phi) is 6.86. The third-order valence-corrected chi connectivity index (χ3v) is 10.0. The van der Waals surface area contributed by atoms with E-state index in [1.165, 1.54) is 0 Å². The lowest BCUT2D eigenvalue weighted by Crippen LogP contribution is -2.43. The quantitative estimate of drug-likeness (QED) is 0.215. The summed E-state index contributed by atoms with van der Waals surface area (Å²) in [5.74, 6) is -0.591. The monoisotopic (exact) mass is 633 g/mol. The third-order valence-electron chi connectivity index (χ3n) is 10.0. The maximum absolute atomic E-state index is 16.9.